The van der Waals surface area contributed by atoms with Gasteiger partial charge in [0.25, 0.3) is 0 Å². The minimum absolute atomic E-state index is 0.193. The lowest BCUT2D eigenvalue weighted by atomic mass is 10.2. The van der Waals surface area contributed by atoms with E-state index in [0.29, 0.717) is 25.5 Å². The second kappa shape index (κ2) is 9.45. The Balaban J connectivity index is 1.26. The number of nitrogens with one attached hydrogen (secondary N) is 1. The smallest absolute Gasteiger partial charge is 0.244 e. The average Bonchev–Trinajstić information content (AvgIpc) is 3.20. The van der Waals surface area contributed by atoms with Crippen molar-refractivity contribution in [2.24, 2.45) is 0 Å². The minimum atomic E-state index is -0.219. The summed E-state index contributed by atoms with van der Waals surface area (Å²) in [5.41, 5.74) is 1.79. The van der Waals surface area contributed by atoms with Crippen LogP contribution in [0.25, 0.3) is 6.08 Å². The Bertz CT molecular complexity index is 1050. The molecule has 7 heteroatoms. The number of carbonyl (C=O) groups excluding carboxylic acids is 1. The van der Waals surface area contributed by atoms with Gasteiger partial charge in [-0.3, -0.25) is 4.79 Å². The van der Waals surface area contributed by atoms with Crippen LogP contribution in [0.4, 0.5) is 0 Å². The number of aromatic nitrogens is 1. The highest BCUT2D eigenvalue weighted by Crippen LogP contribution is 2.30. The Kier molecular flexibility index (Phi) is 6.29. The molecule has 1 N–H and O–H groups in total. The Labute approximate surface area is 179 Å². The molecule has 154 valence electrons. The molecular weight excluding hydrogens is 400 g/mol. The maximum absolute atomic E-state index is 12.2. The van der Waals surface area contributed by atoms with E-state index >= 15 is 0 Å². The Morgan fingerprint density at radius 1 is 1.27 bits per heavy atom. The summed E-state index contributed by atoms with van der Waals surface area (Å²) in [6, 6.07) is 15.1. The molecule has 0 spiro atoms. The largest absolute Gasteiger partial charge is 0.487 e. The van der Waals surface area contributed by atoms with Gasteiger partial charge in [-0.1, -0.05) is 24.3 Å². The number of ether oxygens (including phenoxy) is 3. The lowest BCUT2D eigenvalue weighted by molar-refractivity contribution is -0.116. The number of benzene rings is 2. The van der Waals surface area contributed by atoms with Crippen molar-refractivity contribution >= 4 is 23.3 Å². The van der Waals surface area contributed by atoms with Crippen molar-refractivity contribution in [3.63, 3.8) is 0 Å². The highest BCUT2D eigenvalue weighted by molar-refractivity contribution is 7.09. The number of fused-ring (bicyclic) bond motifs is 1. The first-order valence-corrected chi connectivity index (χ1v) is 10.5. The summed E-state index contributed by atoms with van der Waals surface area (Å²) in [6.45, 7) is 3.16. The molecule has 3 aromatic rings. The third-order valence-electron chi connectivity index (χ3n) is 4.41. The van der Waals surface area contributed by atoms with Crippen molar-refractivity contribution < 1.29 is 19.0 Å². The van der Waals surface area contributed by atoms with Crippen LogP contribution in [-0.2, 0) is 11.4 Å². The van der Waals surface area contributed by atoms with E-state index in [1.807, 2.05) is 60.8 Å². The zero-order valence-electron chi connectivity index (χ0n) is 16.5. The van der Waals surface area contributed by atoms with Crippen LogP contribution in [-0.4, -0.2) is 30.1 Å². The Morgan fingerprint density at radius 2 is 2.13 bits per heavy atom. The fourth-order valence-corrected chi connectivity index (χ4v) is 3.55. The van der Waals surface area contributed by atoms with Crippen molar-refractivity contribution in [1.29, 1.82) is 0 Å². The maximum Gasteiger partial charge on any atom is 0.244 e. The van der Waals surface area contributed by atoms with Gasteiger partial charge in [-0.2, -0.15) is 0 Å². The van der Waals surface area contributed by atoms with E-state index < -0.39 is 0 Å². The SMILES string of the molecule is Cc1nc(COc2cccc(/C=C\C(=O)NC[C@@H]3COc4ccccc4O3)c2)cs1. The Morgan fingerprint density at radius 3 is 2.97 bits per heavy atom. The number of amides is 1. The average molecular weight is 423 g/mol. The van der Waals surface area contributed by atoms with E-state index in [1.54, 1.807) is 17.4 Å². The molecule has 0 radical (unpaired) electrons. The fourth-order valence-electron chi connectivity index (χ4n) is 2.95. The predicted molar refractivity (Wildman–Crippen MR) is 116 cm³/mol. The van der Waals surface area contributed by atoms with E-state index in [9.17, 15) is 4.79 Å². The van der Waals surface area contributed by atoms with Crippen LogP contribution in [0.3, 0.4) is 0 Å². The second-order valence-electron chi connectivity index (χ2n) is 6.80. The molecule has 1 aliphatic heterocycles. The summed E-state index contributed by atoms with van der Waals surface area (Å²) < 4.78 is 17.3. The first kappa shape index (κ1) is 20.0. The number of carbonyl (C=O) groups is 1. The molecular formula is C23H22N2O4S. The van der Waals surface area contributed by atoms with Gasteiger partial charge in [-0.05, 0) is 42.8 Å². The van der Waals surface area contributed by atoms with Crippen molar-refractivity contribution in [1.82, 2.24) is 10.3 Å². The maximum atomic E-state index is 12.2. The van der Waals surface area contributed by atoms with Gasteiger partial charge in [0.1, 0.15) is 25.1 Å². The summed E-state index contributed by atoms with van der Waals surface area (Å²) in [5, 5.41) is 5.86. The lowest BCUT2D eigenvalue weighted by Gasteiger charge is -2.26. The molecule has 1 aromatic heterocycles. The molecule has 0 bridgehead atoms. The van der Waals surface area contributed by atoms with Crippen LogP contribution in [0.15, 0.2) is 60.0 Å². The van der Waals surface area contributed by atoms with Crippen LogP contribution in [0.1, 0.15) is 16.3 Å². The topological polar surface area (TPSA) is 69.7 Å². The third-order valence-corrected chi connectivity index (χ3v) is 5.23. The van der Waals surface area contributed by atoms with Gasteiger partial charge in [-0.15, -0.1) is 11.3 Å². The summed E-state index contributed by atoms with van der Waals surface area (Å²) in [5.74, 6) is 1.96. The highest BCUT2D eigenvalue weighted by atomic mass is 32.1. The van der Waals surface area contributed by atoms with E-state index in [4.69, 9.17) is 14.2 Å². The molecule has 1 atom stereocenters. The van der Waals surface area contributed by atoms with E-state index in [0.717, 1.165) is 27.8 Å². The van der Waals surface area contributed by atoms with E-state index in [-0.39, 0.29) is 12.0 Å². The van der Waals surface area contributed by atoms with Gasteiger partial charge in [-0.25, -0.2) is 4.98 Å². The van der Waals surface area contributed by atoms with Gasteiger partial charge in [0, 0.05) is 11.5 Å². The van der Waals surface area contributed by atoms with Crippen molar-refractivity contribution in [2.45, 2.75) is 19.6 Å². The van der Waals surface area contributed by atoms with Crippen LogP contribution in [0.2, 0.25) is 0 Å². The third kappa shape index (κ3) is 5.39. The first-order valence-electron chi connectivity index (χ1n) is 9.64. The van der Waals surface area contributed by atoms with Crippen LogP contribution < -0.4 is 19.5 Å². The van der Waals surface area contributed by atoms with Crippen molar-refractivity contribution in [3.05, 3.63) is 76.3 Å². The van der Waals surface area contributed by atoms with Gasteiger partial charge in [0.05, 0.1) is 17.2 Å². The van der Waals surface area contributed by atoms with E-state index in [2.05, 4.69) is 10.3 Å². The molecule has 2 heterocycles. The molecule has 0 unspecified atom stereocenters. The normalized spacial score (nSPS) is 15.2. The number of aryl methyl sites for hydroxylation is 1. The quantitative estimate of drug-likeness (QED) is 0.583. The van der Waals surface area contributed by atoms with Gasteiger partial charge in [0.15, 0.2) is 11.5 Å². The lowest BCUT2D eigenvalue weighted by Crippen LogP contribution is -2.40. The molecule has 0 saturated heterocycles. The highest BCUT2D eigenvalue weighted by Gasteiger charge is 2.20. The van der Waals surface area contributed by atoms with Crippen LogP contribution in [0, 0.1) is 6.92 Å². The molecule has 1 aliphatic rings. The Hall–Kier alpha value is -3.32. The summed E-state index contributed by atoms with van der Waals surface area (Å²) in [6.07, 6.45) is 3.03. The minimum Gasteiger partial charge on any atom is -0.487 e. The number of hydrogen-bond acceptors (Lipinski definition) is 6. The zero-order chi connectivity index (χ0) is 20.8. The van der Waals surface area contributed by atoms with E-state index in [1.165, 1.54) is 6.08 Å². The first-order chi connectivity index (χ1) is 14.7. The summed E-state index contributed by atoms with van der Waals surface area (Å²) in [4.78, 5) is 16.6. The predicted octanol–water partition coefficient (Wildman–Crippen LogP) is 4.00. The summed E-state index contributed by atoms with van der Waals surface area (Å²) >= 11 is 1.60. The molecule has 30 heavy (non-hydrogen) atoms. The molecule has 4 rings (SSSR count). The van der Waals surface area contributed by atoms with Crippen molar-refractivity contribution in [2.75, 3.05) is 13.2 Å². The molecule has 0 saturated carbocycles. The molecule has 0 aliphatic carbocycles. The number of thiazole rings is 1. The second-order valence-corrected chi connectivity index (χ2v) is 7.86. The zero-order valence-corrected chi connectivity index (χ0v) is 17.4. The molecule has 0 fully saturated rings. The van der Waals surface area contributed by atoms with Crippen molar-refractivity contribution in [3.8, 4) is 17.2 Å². The number of para-hydroxylation sites is 2. The fraction of sp³-hybridized carbons (Fsp3) is 0.217. The summed E-state index contributed by atoms with van der Waals surface area (Å²) in [7, 11) is 0. The monoisotopic (exact) mass is 422 g/mol. The van der Waals surface area contributed by atoms with Gasteiger partial charge < -0.3 is 19.5 Å². The van der Waals surface area contributed by atoms with Gasteiger partial charge in [0.2, 0.25) is 5.91 Å². The number of hydrogen-bond donors (Lipinski definition) is 1. The number of rotatable bonds is 7. The molecule has 1 amide bonds. The number of nitrogens with zero attached hydrogens (tertiary/aromatic N) is 1. The molecule has 2 aromatic carbocycles. The van der Waals surface area contributed by atoms with Crippen LogP contribution >= 0.6 is 11.3 Å². The molecule has 6 nitrogen and oxygen atoms in total. The van der Waals surface area contributed by atoms with Gasteiger partial charge >= 0.3 is 0 Å². The standard InChI is InChI=1S/C23H22N2O4S/c1-16-25-18(15-30-16)13-27-19-6-4-5-17(11-19)9-10-23(26)24-12-20-14-28-21-7-2-3-8-22(21)29-20/h2-11,15,20H,12-14H2,1H3,(H,24,26)/b10-9-/t20-/m1/s1. The van der Waals surface area contributed by atoms with Crippen LogP contribution in [0.5, 0.6) is 17.2 Å².